The molecule has 1 aliphatic heterocycles. The fourth-order valence-corrected chi connectivity index (χ4v) is 4.48. The summed E-state index contributed by atoms with van der Waals surface area (Å²) in [4.78, 5) is 13.7. The van der Waals surface area contributed by atoms with E-state index in [1.165, 1.54) is 18.3 Å². The molecule has 2 aromatic rings. The van der Waals surface area contributed by atoms with E-state index in [-0.39, 0.29) is 17.3 Å². The summed E-state index contributed by atoms with van der Waals surface area (Å²) in [5.74, 6) is 0.507. The smallest absolute Gasteiger partial charge is 0.243 e. The maximum absolute atomic E-state index is 13.0. The molecule has 1 aliphatic rings. The Hall–Kier alpha value is -2.30. The number of amides is 1. The number of fused-ring (bicyclic) bond motifs is 1. The van der Waals surface area contributed by atoms with Gasteiger partial charge in [0.15, 0.2) is 0 Å². The number of hydrogen-bond donors (Lipinski definition) is 0. The Morgan fingerprint density at radius 2 is 2.14 bits per heavy atom. The molecule has 152 valence electrons. The third kappa shape index (κ3) is 4.08. The van der Waals surface area contributed by atoms with Gasteiger partial charge in [-0.05, 0) is 36.6 Å². The van der Waals surface area contributed by atoms with Crippen molar-refractivity contribution in [2.24, 2.45) is 0 Å². The Kier molecular flexibility index (Phi) is 6.11. The van der Waals surface area contributed by atoms with Crippen molar-refractivity contribution in [2.75, 3.05) is 32.2 Å². The summed E-state index contributed by atoms with van der Waals surface area (Å²) >= 11 is 0. The number of nitrogens with zero attached hydrogens (tertiary/aromatic N) is 5. The van der Waals surface area contributed by atoms with Gasteiger partial charge in [-0.3, -0.25) is 4.79 Å². The summed E-state index contributed by atoms with van der Waals surface area (Å²) in [6.45, 7) is 3.31. The second kappa shape index (κ2) is 8.38. The molecular formula is C18H25N5O4S. The van der Waals surface area contributed by atoms with Gasteiger partial charge in [-0.2, -0.15) is 4.31 Å². The van der Waals surface area contributed by atoms with Crippen LogP contribution in [0.4, 0.5) is 5.69 Å². The van der Waals surface area contributed by atoms with Crippen molar-refractivity contribution in [3.63, 3.8) is 0 Å². The predicted molar refractivity (Wildman–Crippen MR) is 103 cm³/mol. The van der Waals surface area contributed by atoms with Gasteiger partial charge in [-0.1, -0.05) is 0 Å². The van der Waals surface area contributed by atoms with Crippen molar-refractivity contribution < 1.29 is 17.9 Å². The maximum Gasteiger partial charge on any atom is 0.243 e. The first-order valence-corrected chi connectivity index (χ1v) is 10.5. The first kappa shape index (κ1) is 20.4. The molecule has 28 heavy (non-hydrogen) atoms. The monoisotopic (exact) mass is 407 g/mol. The zero-order valence-electron chi connectivity index (χ0n) is 16.3. The lowest BCUT2D eigenvalue weighted by atomic mass is 10.0. The molecule has 0 spiro atoms. The fourth-order valence-electron chi connectivity index (χ4n) is 3.30. The number of carbonyl (C=O) groups excluding carboxylic acids is 1. The molecular weight excluding hydrogens is 382 g/mol. The van der Waals surface area contributed by atoms with Gasteiger partial charge in [-0.15, -0.1) is 10.2 Å². The molecule has 1 aromatic carbocycles. The van der Waals surface area contributed by atoms with Crippen molar-refractivity contribution in [3.05, 3.63) is 35.9 Å². The van der Waals surface area contributed by atoms with Crippen molar-refractivity contribution in [1.82, 2.24) is 19.1 Å². The normalized spacial score (nSPS) is 14.4. The molecule has 0 fully saturated rings. The highest BCUT2D eigenvalue weighted by molar-refractivity contribution is 7.89. The van der Waals surface area contributed by atoms with Gasteiger partial charge in [0.1, 0.15) is 12.2 Å². The topological polar surface area (TPSA) is 97.6 Å². The van der Waals surface area contributed by atoms with Crippen molar-refractivity contribution in [3.8, 4) is 0 Å². The molecule has 1 aromatic heterocycles. The van der Waals surface area contributed by atoms with Crippen LogP contribution in [0.3, 0.4) is 0 Å². The van der Waals surface area contributed by atoms with Gasteiger partial charge in [0.25, 0.3) is 0 Å². The molecule has 0 saturated heterocycles. The number of carbonyl (C=O) groups is 1. The number of rotatable bonds is 7. The van der Waals surface area contributed by atoms with Crippen LogP contribution in [0, 0.1) is 0 Å². The molecule has 0 aliphatic carbocycles. The number of hydrogen-bond acceptors (Lipinski definition) is 6. The number of ether oxygens (including phenoxy) is 1. The van der Waals surface area contributed by atoms with Crippen LogP contribution in [-0.4, -0.2) is 60.7 Å². The number of benzene rings is 1. The van der Waals surface area contributed by atoms with Crippen LogP contribution in [0.1, 0.15) is 24.7 Å². The summed E-state index contributed by atoms with van der Waals surface area (Å²) in [6.07, 6.45) is 3.12. The van der Waals surface area contributed by atoms with E-state index in [0.717, 1.165) is 24.1 Å². The second-order valence-electron chi connectivity index (χ2n) is 6.76. The van der Waals surface area contributed by atoms with Crippen molar-refractivity contribution in [2.45, 2.75) is 37.8 Å². The van der Waals surface area contributed by atoms with Crippen molar-refractivity contribution >= 4 is 21.6 Å². The number of aromatic nitrogens is 3. The molecule has 0 bridgehead atoms. The van der Waals surface area contributed by atoms with Crippen molar-refractivity contribution in [1.29, 1.82) is 0 Å². The molecule has 10 heteroatoms. The van der Waals surface area contributed by atoms with E-state index in [1.807, 2.05) is 0 Å². The fraction of sp³-hybridized carbons (Fsp3) is 0.500. The molecule has 2 heterocycles. The van der Waals surface area contributed by atoms with Gasteiger partial charge in [0.05, 0.1) is 18.0 Å². The Balaban J connectivity index is 1.83. The van der Waals surface area contributed by atoms with Crippen LogP contribution in [0.2, 0.25) is 0 Å². The molecule has 0 radical (unpaired) electrons. The number of sulfonamides is 1. The molecule has 0 saturated carbocycles. The predicted octanol–water partition coefficient (Wildman–Crippen LogP) is 1.04. The molecule has 3 rings (SSSR count). The minimum Gasteiger partial charge on any atom is -0.383 e. The van der Waals surface area contributed by atoms with Gasteiger partial charge in [-0.25, -0.2) is 8.42 Å². The Morgan fingerprint density at radius 1 is 1.36 bits per heavy atom. The number of methoxy groups -OCH3 is 1. The van der Waals surface area contributed by atoms with Crippen LogP contribution in [0.15, 0.2) is 29.4 Å². The van der Waals surface area contributed by atoms with Crippen LogP contribution in [0.25, 0.3) is 0 Å². The van der Waals surface area contributed by atoms with Crippen LogP contribution in [0.5, 0.6) is 0 Å². The molecule has 0 N–H and O–H groups in total. The lowest BCUT2D eigenvalue weighted by molar-refractivity contribution is -0.116. The third-order valence-corrected chi connectivity index (χ3v) is 6.65. The van der Waals surface area contributed by atoms with Gasteiger partial charge in [0.2, 0.25) is 15.9 Å². The highest BCUT2D eigenvalue weighted by atomic mass is 32.2. The van der Waals surface area contributed by atoms with E-state index >= 15 is 0 Å². The Bertz CT molecular complexity index is 957. The maximum atomic E-state index is 13.0. The molecule has 0 unspecified atom stereocenters. The van der Waals surface area contributed by atoms with Gasteiger partial charge in [0, 0.05) is 39.9 Å². The second-order valence-corrected chi connectivity index (χ2v) is 8.80. The summed E-state index contributed by atoms with van der Waals surface area (Å²) in [7, 11) is -0.585. The third-order valence-electron chi connectivity index (χ3n) is 4.85. The number of anilines is 1. The largest absolute Gasteiger partial charge is 0.383 e. The average Bonchev–Trinajstić information content (AvgIpc) is 3.12. The quantitative estimate of drug-likeness (QED) is 0.680. The zero-order valence-corrected chi connectivity index (χ0v) is 17.1. The van der Waals surface area contributed by atoms with Gasteiger partial charge >= 0.3 is 0 Å². The minimum absolute atomic E-state index is 0.0379. The Labute approximate surface area is 165 Å². The summed E-state index contributed by atoms with van der Waals surface area (Å²) in [5, 5.41) is 7.89. The lowest BCUT2D eigenvalue weighted by Crippen LogP contribution is -2.34. The van der Waals surface area contributed by atoms with E-state index < -0.39 is 10.0 Å². The zero-order chi connectivity index (χ0) is 20.3. The number of aryl methyl sites for hydroxylation is 1. The average molecular weight is 407 g/mol. The van der Waals surface area contributed by atoms with Crippen LogP contribution < -0.4 is 4.90 Å². The molecule has 9 nitrogen and oxygen atoms in total. The standard InChI is InChI=1S/C18H25N5O4S/c1-14(24)23-8-4-5-15-11-16(6-7-17(15)23)28(25,26)21(2)12-18-20-19-13-22(18)9-10-27-3/h6-7,11,13H,4-5,8-10,12H2,1-3H3. The highest BCUT2D eigenvalue weighted by Crippen LogP contribution is 2.30. The van der Waals surface area contributed by atoms with E-state index in [1.54, 1.807) is 41.1 Å². The Morgan fingerprint density at radius 3 is 2.86 bits per heavy atom. The van der Waals surface area contributed by atoms with Crippen LogP contribution >= 0.6 is 0 Å². The summed E-state index contributed by atoms with van der Waals surface area (Å²) in [6, 6.07) is 4.95. The minimum atomic E-state index is -3.71. The van der Waals surface area contributed by atoms with Crippen LogP contribution in [-0.2, 0) is 39.1 Å². The van der Waals surface area contributed by atoms with E-state index in [4.69, 9.17) is 4.74 Å². The lowest BCUT2D eigenvalue weighted by Gasteiger charge is -2.29. The first-order valence-electron chi connectivity index (χ1n) is 9.07. The highest BCUT2D eigenvalue weighted by Gasteiger charge is 2.26. The van der Waals surface area contributed by atoms with E-state index in [0.29, 0.717) is 25.5 Å². The SMILES string of the molecule is COCCn1cnnc1CN(C)S(=O)(=O)c1ccc2c(c1)CCCN2C(C)=O. The first-order chi connectivity index (χ1) is 13.3. The van der Waals surface area contributed by atoms with E-state index in [2.05, 4.69) is 10.2 Å². The summed E-state index contributed by atoms with van der Waals surface area (Å²) in [5.41, 5.74) is 1.67. The summed E-state index contributed by atoms with van der Waals surface area (Å²) < 4.78 is 34.2. The molecule has 0 atom stereocenters. The molecule has 1 amide bonds. The van der Waals surface area contributed by atoms with Gasteiger partial charge < -0.3 is 14.2 Å². The van der Waals surface area contributed by atoms with E-state index in [9.17, 15) is 13.2 Å².